The van der Waals surface area contributed by atoms with Gasteiger partial charge in [0.05, 0.1) is 5.41 Å². The zero-order valence-electron chi connectivity index (χ0n) is 17.9. The number of allylic oxidation sites excluding steroid dienone is 2. The Hall–Kier alpha value is -1.74. The molecular formula is C26H34N2O. The minimum Gasteiger partial charge on any atom is -0.317 e. The summed E-state index contributed by atoms with van der Waals surface area (Å²) in [7, 11) is 2.05. The number of nitrogens with one attached hydrogen (secondary N) is 1. The average Bonchev–Trinajstić information content (AvgIpc) is 3.14. The van der Waals surface area contributed by atoms with Crippen molar-refractivity contribution in [1.29, 1.82) is 0 Å². The Morgan fingerprint density at radius 1 is 1.10 bits per heavy atom. The number of nitrogens with zero attached hydrogens (tertiary/aromatic N) is 1. The van der Waals surface area contributed by atoms with Crippen molar-refractivity contribution in [2.24, 2.45) is 28.2 Å². The fourth-order valence-electron chi connectivity index (χ4n) is 7.43. The van der Waals surface area contributed by atoms with Crippen LogP contribution in [-0.2, 0) is 10.2 Å². The van der Waals surface area contributed by atoms with Crippen LogP contribution in [0.5, 0.6) is 0 Å². The molecule has 4 bridgehead atoms. The van der Waals surface area contributed by atoms with Gasteiger partial charge in [-0.05, 0) is 94.1 Å². The second kappa shape index (κ2) is 7.19. The normalized spacial score (nSPS) is 42.2. The largest absolute Gasteiger partial charge is 0.317 e. The third-order valence-electron chi connectivity index (χ3n) is 8.77. The topological polar surface area (TPSA) is 41.5 Å². The molecule has 1 aromatic rings. The van der Waals surface area contributed by atoms with Crippen molar-refractivity contribution in [2.75, 3.05) is 7.05 Å². The quantitative estimate of drug-likeness (QED) is 0.576. The van der Waals surface area contributed by atoms with Gasteiger partial charge in [-0.15, -0.1) is 0 Å². The molecule has 1 amide bonds. The van der Waals surface area contributed by atoms with Gasteiger partial charge in [-0.1, -0.05) is 42.0 Å². The number of carbonyl (C=O) groups excluding carboxylic acids is 1. The molecule has 154 valence electrons. The lowest BCUT2D eigenvalue weighted by Gasteiger charge is -2.41. The maximum absolute atomic E-state index is 13.6. The van der Waals surface area contributed by atoms with Crippen molar-refractivity contribution in [3.8, 4) is 0 Å². The first-order chi connectivity index (χ1) is 14.1. The van der Waals surface area contributed by atoms with Crippen LogP contribution < -0.4 is 5.32 Å². The molecule has 5 saturated carbocycles. The Balaban J connectivity index is 1.39. The van der Waals surface area contributed by atoms with E-state index < -0.39 is 0 Å². The van der Waals surface area contributed by atoms with Crippen LogP contribution in [0.4, 0.5) is 0 Å². The van der Waals surface area contributed by atoms with E-state index in [1.165, 1.54) is 24.8 Å². The number of benzene rings is 1. The molecule has 5 aliphatic rings. The zero-order valence-corrected chi connectivity index (χ0v) is 17.9. The fourth-order valence-corrected chi connectivity index (χ4v) is 7.43. The van der Waals surface area contributed by atoms with Crippen LogP contribution in [0.25, 0.3) is 0 Å². The average molecular weight is 391 g/mol. The van der Waals surface area contributed by atoms with E-state index in [1.54, 1.807) is 5.57 Å². The predicted octanol–water partition coefficient (Wildman–Crippen LogP) is 5.07. The molecule has 4 unspecified atom stereocenters. The van der Waals surface area contributed by atoms with E-state index >= 15 is 0 Å². The van der Waals surface area contributed by atoms with Gasteiger partial charge in [-0.3, -0.25) is 4.79 Å². The van der Waals surface area contributed by atoms with E-state index in [2.05, 4.69) is 60.7 Å². The summed E-state index contributed by atoms with van der Waals surface area (Å²) in [5.74, 6) is 1.62. The molecule has 4 atom stereocenters. The summed E-state index contributed by atoms with van der Waals surface area (Å²) in [5.41, 5.74) is 2.91. The van der Waals surface area contributed by atoms with Crippen molar-refractivity contribution < 1.29 is 4.79 Å². The van der Waals surface area contributed by atoms with Gasteiger partial charge < -0.3 is 5.32 Å². The SMILES string of the molecule is C/C=C1/C2CC3(c4ccccc4)CC1C(C(=O)/N=C/C1CCC(NC)CC1)(C2)C3. The third-order valence-corrected chi connectivity index (χ3v) is 8.77. The van der Waals surface area contributed by atoms with Gasteiger partial charge in [0.25, 0.3) is 5.91 Å². The maximum Gasteiger partial charge on any atom is 0.252 e. The first-order valence-electron chi connectivity index (χ1n) is 11.6. The molecule has 0 radical (unpaired) electrons. The van der Waals surface area contributed by atoms with E-state index in [0.29, 0.717) is 23.8 Å². The Kier molecular flexibility index (Phi) is 4.77. The molecule has 3 nitrogen and oxygen atoms in total. The van der Waals surface area contributed by atoms with E-state index in [1.807, 2.05) is 6.21 Å². The Morgan fingerprint density at radius 2 is 1.86 bits per heavy atom. The van der Waals surface area contributed by atoms with E-state index in [4.69, 9.17) is 0 Å². The molecule has 0 aromatic heterocycles. The first kappa shape index (κ1) is 19.2. The monoisotopic (exact) mass is 390 g/mol. The molecular weight excluding hydrogens is 356 g/mol. The Morgan fingerprint density at radius 3 is 2.55 bits per heavy atom. The van der Waals surface area contributed by atoms with Crippen LogP contribution in [0.3, 0.4) is 0 Å². The zero-order chi connectivity index (χ0) is 20.1. The van der Waals surface area contributed by atoms with Gasteiger partial charge in [0, 0.05) is 12.3 Å². The molecule has 5 fully saturated rings. The summed E-state index contributed by atoms with van der Waals surface area (Å²) < 4.78 is 0. The molecule has 0 heterocycles. The van der Waals surface area contributed by atoms with E-state index in [-0.39, 0.29) is 16.7 Å². The van der Waals surface area contributed by atoms with Gasteiger partial charge in [0.15, 0.2) is 0 Å². The lowest BCUT2D eigenvalue weighted by molar-refractivity contribution is -0.129. The smallest absolute Gasteiger partial charge is 0.252 e. The molecule has 5 aliphatic carbocycles. The summed E-state index contributed by atoms with van der Waals surface area (Å²) in [5, 5.41) is 3.39. The molecule has 29 heavy (non-hydrogen) atoms. The van der Waals surface area contributed by atoms with Gasteiger partial charge >= 0.3 is 0 Å². The number of amides is 1. The van der Waals surface area contributed by atoms with Crippen LogP contribution in [0.2, 0.25) is 0 Å². The summed E-state index contributed by atoms with van der Waals surface area (Å²) in [6.45, 7) is 2.17. The second-order valence-electron chi connectivity index (χ2n) is 10.1. The minimum atomic E-state index is -0.251. The van der Waals surface area contributed by atoms with Crippen LogP contribution in [0.1, 0.15) is 63.9 Å². The van der Waals surface area contributed by atoms with Crippen molar-refractivity contribution in [3.63, 3.8) is 0 Å². The predicted molar refractivity (Wildman–Crippen MR) is 118 cm³/mol. The highest BCUT2D eigenvalue weighted by Crippen LogP contribution is 2.72. The van der Waals surface area contributed by atoms with Crippen LogP contribution in [-0.4, -0.2) is 25.2 Å². The van der Waals surface area contributed by atoms with E-state index in [0.717, 1.165) is 32.1 Å². The highest BCUT2D eigenvalue weighted by Gasteiger charge is 2.69. The maximum atomic E-state index is 13.6. The fraction of sp³-hybridized carbons (Fsp3) is 0.615. The molecule has 1 N–H and O–H groups in total. The summed E-state index contributed by atoms with van der Waals surface area (Å²) in [6, 6.07) is 11.6. The standard InChI is InChI=1S/C26H34N2O/c1-3-22-19-13-25(20-7-5-4-6-8-20)15-23(22)26(14-19,17-25)24(29)28-16-18-9-11-21(27-2)12-10-18/h3-8,16,18-19,21,23,27H,9-15,17H2,1-2H3/b22-3-,28-16+. The number of rotatable bonds is 4. The highest BCUT2D eigenvalue weighted by molar-refractivity contribution is 5.92. The van der Waals surface area contributed by atoms with Crippen LogP contribution >= 0.6 is 0 Å². The molecule has 0 saturated heterocycles. The molecule has 0 spiro atoms. The molecule has 6 rings (SSSR count). The van der Waals surface area contributed by atoms with Crippen molar-refractivity contribution in [1.82, 2.24) is 5.32 Å². The van der Waals surface area contributed by atoms with Gasteiger partial charge in [0.1, 0.15) is 0 Å². The lowest BCUT2D eigenvalue weighted by atomic mass is 9.63. The summed E-state index contributed by atoms with van der Waals surface area (Å²) in [4.78, 5) is 18.2. The van der Waals surface area contributed by atoms with Crippen molar-refractivity contribution in [2.45, 2.75) is 69.7 Å². The number of aliphatic imine (C=N–C) groups is 1. The Bertz CT molecular complexity index is 836. The number of hydrogen-bond acceptors (Lipinski definition) is 2. The summed E-state index contributed by atoms with van der Waals surface area (Å²) in [6.07, 6.45) is 13.4. The summed E-state index contributed by atoms with van der Waals surface area (Å²) >= 11 is 0. The van der Waals surface area contributed by atoms with Gasteiger partial charge in [-0.2, -0.15) is 0 Å². The van der Waals surface area contributed by atoms with Crippen LogP contribution in [0, 0.1) is 23.2 Å². The second-order valence-corrected chi connectivity index (χ2v) is 10.1. The Labute approximate surface area is 175 Å². The highest BCUT2D eigenvalue weighted by atomic mass is 16.1. The molecule has 0 aliphatic heterocycles. The van der Waals surface area contributed by atoms with Crippen molar-refractivity contribution >= 4 is 12.1 Å². The van der Waals surface area contributed by atoms with Crippen LogP contribution in [0.15, 0.2) is 47.0 Å². The molecule has 3 heteroatoms. The minimum absolute atomic E-state index is 0.178. The first-order valence-corrected chi connectivity index (χ1v) is 11.6. The third kappa shape index (κ3) is 2.96. The van der Waals surface area contributed by atoms with Gasteiger partial charge in [-0.25, -0.2) is 4.99 Å². The van der Waals surface area contributed by atoms with Crippen molar-refractivity contribution in [3.05, 3.63) is 47.5 Å². The van der Waals surface area contributed by atoms with Gasteiger partial charge in [0.2, 0.25) is 0 Å². The molecule has 1 aromatic carbocycles. The van der Waals surface area contributed by atoms with E-state index in [9.17, 15) is 4.79 Å². The number of carbonyl (C=O) groups is 1. The lowest BCUT2D eigenvalue weighted by Crippen LogP contribution is -2.37. The number of hydrogen-bond donors (Lipinski definition) is 1.